The van der Waals surface area contributed by atoms with E-state index in [1.807, 2.05) is 52.8 Å². The number of benzene rings is 1. The van der Waals surface area contributed by atoms with Gasteiger partial charge in [0.1, 0.15) is 5.82 Å². The van der Waals surface area contributed by atoms with Crippen molar-refractivity contribution in [3.8, 4) is 0 Å². The summed E-state index contributed by atoms with van der Waals surface area (Å²) in [5.41, 5.74) is 1.95. The Morgan fingerprint density at radius 1 is 1.43 bits per heavy atom. The second kappa shape index (κ2) is 8.11. The van der Waals surface area contributed by atoms with Gasteiger partial charge in [0, 0.05) is 17.4 Å². The van der Waals surface area contributed by atoms with E-state index in [0.29, 0.717) is 6.42 Å². The van der Waals surface area contributed by atoms with Gasteiger partial charge in [-0.25, -0.2) is 4.98 Å². The van der Waals surface area contributed by atoms with E-state index in [0.717, 1.165) is 34.9 Å². The number of amides is 1. The summed E-state index contributed by atoms with van der Waals surface area (Å²) < 4.78 is 0. The zero-order valence-corrected chi connectivity index (χ0v) is 15.0. The summed E-state index contributed by atoms with van der Waals surface area (Å²) in [5.74, 6) is 2.22. The quantitative estimate of drug-likeness (QED) is 0.572. The number of unbranched alkanes of at least 4 members (excludes halogenated alkanes) is 1. The fourth-order valence-corrected chi connectivity index (χ4v) is 5.81. The van der Waals surface area contributed by atoms with Gasteiger partial charge in [0.2, 0.25) is 5.91 Å². The first-order chi connectivity index (χ1) is 11.2. The second-order valence-corrected chi connectivity index (χ2v) is 8.79. The van der Waals surface area contributed by atoms with E-state index in [9.17, 15) is 4.79 Å². The minimum absolute atomic E-state index is 0.0864. The summed E-state index contributed by atoms with van der Waals surface area (Å²) in [7, 11) is 4.00. The number of nitrogens with one attached hydrogen (secondary N) is 2. The molecule has 23 heavy (non-hydrogen) atoms. The number of carbonyl (C=O) groups is 1. The Labute approximate surface area is 145 Å². The third kappa shape index (κ3) is 4.67. The van der Waals surface area contributed by atoms with E-state index in [-0.39, 0.29) is 11.9 Å². The molecule has 0 aliphatic carbocycles. The Balaban J connectivity index is 1.41. The van der Waals surface area contributed by atoms with Crippen LogP contribution in [-0.4, -0.2) is 26.9 Å². The van der Waals surface area contributed by atoms with Gasteiger partial charge in [-0.1, -0.05) is 40.1 Å². The Morgan fingerprint density at radius 3 is 3.09 bits per heavy atom. The molecule has 2 heterocycles. The summed E-state index contributed by atoms with van der Waals surface area (Å²) in [5, 5.41) is 3.85. The topological polar surface area (TPSA) is 57.8 Å². The average Bonchev–Trinajstić information content (AvgIpc) is 3.20. The lowest BCUT2D eigenvalue weighted by Gasteiger charge is -2.12. The number of hydrogen-bond donors (Lipinski definition) is 2. The zero-order chi connectivity index (χ0) is 16.1. The molecule has 0 spiro atoms. The molecule has 1 fully saturated rings. The molecule has 1 aromatic heterocycles. The van der Waals surface area contributed by atoms with Crippen LogP contribution in [0.25, 0.3) is 11.0 Å². The number of imidazole rings is 1. The number of aromatic amines is 1. The van der Waals surface area contributed by atoms with Gasteiger partial charge in [-0.3, -0.25) is 4.79 Å². The summed E-state index contributed by atoms with van der Waals surface area (Å²) >= 11 is 0. The Bertz CT molecular complexity index is 619. The van der Waals surface area contributed by atoms with Crippen LogP contribution in [0.1, 0.15) is 50.9 Å². The van der Waals surface area contributed by atoms with Crippen LogP contribution in [0.15, 0.2) is 24.3 Å². The van der Waals surface area contributed by atoms with Gasteiger partial charge in [0.25, 0.3) is 0 Å². The first-order valence-electron chi connectivity index (χ1n) is 8.24. The largest absolute Gasteiger partial charge is 0.346 e. The molecule has 0 bridgehead atoms. The molecule has 124 valence electrons. The fourth-order valence-electron chi connectivity index (χ4n) is 2.78. The first-order valence-corrected chi connectivity index (χ1v) is 10.6. The smallest absolute Gasteiger partial charge is 0.220 e. The van der Waals surface area contributed by atoms with Gasteiger partial charge < -0.3 is 10.3 Å². The Hall–Kier alpha value is -1.14. The van der Waals surface area contributed by atoms with Gasteiger partial charge in [-0.2, -0.15) is 0 Å². The molecule has 0 radical (unpaired) electrons. The van der Waals surface area contributed by atoms with Crippen molar-refractivity contribution >= 4 is 38.5 Å². The van der Waals surface area contributed by atoms with Crippen molar-refractivity contribution in [3.63, 3.8) is 0 Å². The van der Waals surface area contributed by atoms with Crippen LogP contribution in [-0.2, 0) is 4.79 Å². The highest BCUT2D eigenvalue weighted by Crippen LogP contribution is 2.39. The molecule has 2 aromatic rings. The number of rotatable bonds is 7. The summed E-state index contributed by atoms with van der Waals surface area (Å²) in [6.45, 7) is 1.97. The Morgan fingerprint density at radius 2 is 2.30 bits per heavy atom. The molecule has 2 N–H and O–H groups in total. The molecular weight excluding hydrogens is 326 g/mol. The number of aromatic nitrogens is 2. The average molecular weight is 350 g/mol. The number of fused-ring (bicyclic) bond motifs is 1. The van der Waals surface area contributed by atoms with Crippen molar-refractivity contribution in [1.82, 2.24) is 15.3 Å². The molecule has 1 aromatic carbocycles. The molecule has 1 aliphatic rings. The van der Waals surface area contributed by atoms with E-state index in [1.54, 1.807) is 0 Å². The predicted octanol–water partition coefficient (Wildman–Crippen LogP) is 4.45. The van der Waals surface area contributed by atoms with Crippen LogP contribution in [0.4, 0.5) is 0 Å². The summed E-state index contributed by atoms with van der Waals surface area (Å²) in [4.78, 5) is 19.9. The van der Waals surface area contributed by atoms with E-state index in [4.69, 9.17) is 0 Å². The highest BCUT2D eigenvalue weighted by molar-refractivity contribution is 8.77. The van der Waals surface area contributed by atoms with Crippen LogP contribution in [0, 0.1) is 0 Å². The lowest BCUT2D eigenvalue weighted by molar-refractivity contribution is -0.121. The minimum atomic E-state index is -0.0864. The van der Waals surface area contributed by atoms with E-state index in [2.05, 4.69) is 15.3 Å². The number of nitrogens with zero attached hydrogens (tertiary/aromatic N) is 1. The molecule has 3 rings (SSSR count). The van der Waals surface area contributed by atoms with Crippen LogP contribution < -0.4 is 5.32 Å². The Kier molecular flexibility index (Phi) is 5.89. The third-order valence-corrected chi connectivity index (χ3v) is 7.11. The van der Waals surface area contributed by atoms with Gasteiger partial charge in [0.05, 0.1) is 17.1 Å². The SMILES string of the molecule is CC(NC(=O)CCCCC1CCSS1)c1nc2ccccc2[nH]1. The van der Waals surface area contributed by atoms with Gasteiger partial charge in [-0.15, -0.1) is 0 Å². The first kappa shape index (κ1) is 16.7. The lowest BCUT2D eigenvalue weighted by atomic mass is 10.1. The van der Waals surface area contributed by atoms with Crippen LogP contribution in [0.2, 0.25) is 0 Å². The number of para-hydroxylation sites is 2. The van der Waals surface area contributed by atoms with Crippen molar-refractivity contribution < 1.29 is 4.79 Å². The highest BCUT2D eigenvalue weighted by Gasteiger charge is 2.16. The fraction of sp³-hybridized carbons (Fsp3) is 0.529. The molecule has 2 unspecified atom stereocenters. The predicted molar refractivity (Wildman–Crippen MR) is 99.6 cm³/mol. The monoisotopic (exact) mass is 349 g/mol. The normalized spacial score (nSPS) is 19.1. The van der Waals surface area contributed by atoms with Gasteiger partial charge in [0.15, 0.2) is 0 Å². The van der Waals surface area contributed by atoms with Crippen molar-refractivity contribution in [1.29, 1.82) is 0 Å². The summed E-state index contributed by atoms with van der Waals surface area (Å²) in [6, 6.07) is 7.84. The molecular formula is C17H23N3OS2. The van der Waals surface area contributed by atoms with Gasteiger partial charge in [-0.05, 0) is 38.3 Å². The van der Waals surface area contributed by atoms with E-state index >= 15 is 0 Å². The maximum absolute atomic E-state index is 12.1. The molecule has 1 amide bonds. The number of carbonyl (C=O) groups excluding carboxylic acids is 1. The maximum atomic E-state index is 12.1. The van der Waals surface area contributed by atoms with Crippen LogP contribution in [0.3, 0.4) is 0 Å². The van der Waals surface area contributed by atoms with E-state index in [1.165, 1.54) is 18.6 Å². The number of hydrogen-bond acceptors (Lipinski definition) is 4. The van der Waals surface area contributed by atoms with E-state index < -0.39 is 0 Å². The lowest BCUT2D eigenvalue weighted by Crippen LogP contribution is -2.27. The molecule has 0 saturated carbocycles. The third-order valence-electron chi connectivity index (χ3n) is 4.10. The molecule has 2 atom stereocenters. The highest BCUT2D eigenvalue weighted by atomic mass is 33.1. The number of H-pyrrole nitrogens is 1. The minimum Gasteiger partial charge on any atom is -0.346 e. The molecule has 1 saturated heterocycles. The van der Waals surface area contributed by atoms with Crippen molar-refractivity contribution in [2.45, 2.75) is 50.3 Å². The summed E-state index contributed by atoms with van der Waals surface area (Å²) in [6.07, 6.45) is 5.29. The van der Waals surface area contributed by atoms with Crippen molar-refractivity contribution in [3.05, 3.63) is 30.1 Å². The molecule has 6 heteroatoms. The van der Waals surface area contributed by atoms with Crippen molar-refractivity contribution in [2.24, 2.45) is 0 Å². The van der Waals surface area contributed by atoms with Crippen molar-refractivity contribution in [2.75, 3.05) is 5.75 Å². The van der Waals surface area contributed by atoms with Gasteiger partial charge >= 0.3 is 0 Å². The standard InChI is InChI=1S/C17H23N3OS2/c1-12(17-19-14-7-3-4-8-15(14)20-17)18-16(21)9-5-2-6-13-10-11-22-23-13/h3-4,7-8,12-13H,2,5-6,9-11H2,1H3,(H,18,21)(H,19,20). The van der Waals surface area contributed by atoms with Crippen LogP contribution >= 0.6 is 21.6 Å². The maximum Gasteiger partial charge on any atom is 0.220 e. The van der Waals surface area contributed by atoms with Crippen LogP contribution in [0.5, 0.6) is 0 Å². The molecule has 4 nitrogen and oxygen atoms in total. The zero-order valence-electron chi connectivity index (χ0n) is 13.4. The second-order valence-electron chi connectivity index (χ2n) is 6.00. The molecule has 1 aliphatic heterocycles.